The van der Waals surface area contributed by atoms with Crippen molar-refractivity contribution in [3.8, 4) is 0 Å². The Morgan fingerprint density at radius 1 is 1.12 bits per heavy atom. The van der Waals surface area contributed by atoms with Crippen molar-refractivity contribution in [1.82, 2.24) is 15.1 Å². The van der Waals surface area contributed by atoms with Crippen LogP contribution in [0, 0.1) is 5.82 Å². The third-order valence-electron chi connectivity index (χ3n) is 4.04. The molecule has 1 aromatic rings. The number of nitrogens with one attached hydrogen (secondary N) is 2. The molecule has 0 atom stereocenters. The Kier molecular flexibility index (Phi) is 7.14. The molecule has 6 nitrogen and oxygen atoms in total. The lowest BCUT2D eigenvalue weighted by Crippen LogP contribution is -2.50. The van der Waals surface area contributed by atoms with Gasteiger partial charge in [-0.2, -0.15) is 0 Å². The maximum Gasteiger partial charge on any atom is 0.238 e. The fourth-order valence-corrected chi connectivity index (χ4v) is 2.67. The van der Waals surface area contributed by atoms with E-state index in [1.165, 1.54) is 24.3 Å². The van der Waals surface area contributed by atoms with Crippen molar-refractivity contribution in [3.63, 3.8) is 0 Å². The van der Waals surface area contributed by atoms with Gasteiger partial charge in [-0.3, -0.25) is 14.5 Å². The van der Waals surface area contributed by atoms with E-state index in [1.807, 2.05) is 16.8 Å². The van der Waals surface area contributed by atoms with E-state index in [9.17, 15) is 14.0 Å². The monoisotopic (exact) mass is 336 g/mol. The van der Waals surface area contributed by atoms with Crippen molar-refractivity contribution in [2.75, 3.05) is 51.6 Å². The van der Waals surface area contributed by atoms with Crippen LogP contribution in [0.3, 0.4) is 0 Å². The molecular weight excluding hydrogens is 311 g/mol. The molecule has 2 amide bonds. The van der Waals surface area contributed by atoms with Crippen LogP contribution in [-0.2, 0) is 9.59 Å². The molecule has 24 heavy (non-hydrogen) atoms. The molecule has 1 fully saturated rings. The van der Waals surface area contributed by atoms with Gasteiger partial charge >= 0.3 is 0 Å². The van der Waals surface area contributed by atoms with Crippen LogP contribution in [0.25, 0.3) is 0 Å². The van der Waals surface area contributed by atoms with E-state index in [-0.39, 0.29) is 24.2 Å². The lowest BCUT2D eigenvalue weighted by atomic mass is 10.2. The zero-order chi connectivity index (χ0) is 17.4. The van der Waals surface area contributed by atoms with Gasteiger partial charge in [-0.15, -0.1) is 0 Å². The molecule has 0 spiro atoms. The number of carbonyl (C=O) groups excluding carboxylic acids is 2. The summed E-state index contributed by atoms with van der Waals surface area (Å²) in [6.45, 7) is 3.81. The molecule has 2 N–H and O–H groups in total. The van der Waals surface area contributed by atoms with Crippen molar-refractivity contribution in [1.29, 1.82) is 0 Å². The molecule has 0 unspecified atom stereocenters. The highest BCUT2D eigenvalue weighted by atomic mass is 19.1. The van der Waals surface area contributed by atoms with E-state index in [0.29, 0.717) is 38.3 Å². The van der Waals surface area contributed by atoms with Crippen LogP contribution in [0.15, 0.2) is 24.3 Å². The second kappa shape index (κ2) is 9.34. The molecule has 0 bridgehead atoms. The van der Waals surface area contributed by atoms with E-state index in [2.05, 4.69) is 10.6 Å². The van der Waals surface area contributed by atoms with Crippen LogP contribution in [0.4, 0.5) is 10.1 Å². The summed E-state index contributed by atoms with van der Waals surface area (Å²) < 4.78 is 12.8. The predicted molar refractivity (Wildman–Crippen MR) is 91.2 cm³/mol. The molecule has 1 aromatic carbocycles. The first-order chi connectivity index (χ1) is 11.6. The van der Waals surface area contributed by atoms with Crippen molar-refractivity contribution < 1.29 is 14.0 Å². The van der Waals surface area contributed by atoms with Crippen molar-refractivity contribution in [2.24, 2.45) is 0 Å². The molecular formula is C17H25FN4O2. The number of halogens is 1. The van der Waals surface area contributed by atoms with Gasteiger partial charge < -0.3 is 15.5 Å². The molecule has 1 heterocycles. The van der Waals surface area contributed by atoms with Crippen LogP contribution in [0.1, 0.15) is 12.8 Å². The average molecular weight is 336 g/mol. The molecule has 132 valence electrons. The lowest BCUT2D eigenvalue weighted by molar-refractivity contribution is -0.133. The van der Waals surface area contributed by atoms with E-state index >= 15 is 0 Å². The van der Waals surface area contributed by atoms with Gasteiger partial charge in [0.05, 0.1) is 6.54 Å². The molecule has 0 aromatic heterocycles. The van der Waals surface area contributed by atoms with Gasteiger partial charge in [-0.1, -0.05) is 0 Å². The van der Waals surface area contributed by atoms with Gasteiger partial charge in [0.25, 0.3) is 0 Å². The topological polar surface area (TPSA) is 64.7 Å². The van der Waals surface area contributed by atoms with E-state index in [0.717, 1.165) is 13.0 Å². The van der Waals surface area contributed by atoms with Crippen LogP contribution >= 0.6 is 0 Å². The summed E-state index contributed by atoms with van der Waals surface area (Å²) in [7, 11) is 1.88. The Bertz CT molecular complexity index is 542. The van der Waals surface area contributed by atoms with Gasteiger partial charge in [0, 0.05) is 38.3 Å². The van der Waals surface area contributed by atoms with E-state index in [4.69, 9.17) is 0 Å². The zero-order valence-electron chi connectivity index (χ0n) is 14.1. The van der Waals surface area contributed by atoms with Gasteiger partial charge in [0.15, 0.2) is 0 Å². The fraction of sp³-hybridized carbons (Fsp3) is 0.529. The Hall–Kier alpha value is -1.99. The molecule has 0 saturated carbocycles. The first-order valence-electron chi connectivity index (χ1n) is 8.28. The third kappa shape index (κ3) is 5.90. The summed E-state index contributed by atoms with van der Waals surface area (Å²) >= 11 is 0. The standard InChI is InChI=1S/C17H25FN4O2/c1-19-8-2-3-17(24)22-11-9-21(10-12-22)13-16(23)20-15-6-4-14(18)5-7-15/h4-7,19H,2-3,8-13H2,1H3,(H,20,23). The fourth-order valence-electron chi connectivity index (χ4n) is 2.67. The minimum absolute atomic E-state index is 0.129. The zero-order valence-corrected chi connectivity index (χ0v) is 14.1. The molecule has 2 rings (SSSR count). The largest absolute Gasteiger partial charge is 0.340 e. The van der Waals surface area contributed by atoms with Gasteiger partial charge in [-0.05, 0) is 44.3 Å². The van der Waals surface area contributed by atoms with E-state index in [1.54, 1.807) is 0 Å². The molecule has 0 aliphatic carbocycles. The number of hydrogen-bond donors (Lipinski definition) is 2. The number of benzene rings is 1. The summed E-state index contributed by atoms with van der Waals surface area (Å²) in [6, 6.07) is 5.70. The summed E-state index contributed by atoms with van der Waals surface area (Å²) in [4.78, 5) is 28.0. The highest BCUT2D eigenvalue weighted by Gasteiger charge is 2.22. The van der Waals surface area contributed by atoms with Crippen LogP contribution in [0.2, 0.25) is 0 Å². The van der Waals surface area contributed by atoms with Crippen molar-refractivity contribution >= 4 is 17.5 Å². The number of anilines is 1. The molecule has 1 aliphatic rings. The highest BCUT2D eigenvalue weighted by Crippen LogP contribution is 2.09. The summed E-state index contributed by atoms with van der Waals surface area (Å²) in [5.41, 5.74) is 0.583. The first-order valence-corrected chi connectivity index (χ1v) is 8.28. The number of amides is 2. The predicted octanol–water partition coefficient (Wildman–Crippen LogP) is 0.908. The molecule has 1 aliphatic heterocycles. The quantitative estimate of drug-likeness (QED) is 0.727. The minimum Gasteiger partial charge on any atom is -0.340 e. The van der Waals surface area contributed by atoms with Gasteiger partial charge in [0.2, 0.25) is 11.8 Å². The first kappa shape index (κ1) is 18.4. The van der Waals surface area contributed by atoms with Crippen molar-refractivity contribution in [2.45, 2.75) is 12.8 Å². The maximum atomic E-state index is 12.8. The SMILES string of the molecule is CNCCCC(=O)N1CCN(CC(=O)Nc2ccc(F)cc2)CC1. The Morgan fingerprint density at radius 2 is 1.79 bits per heavy atom. The average Bonchev–Trinajstić information content (AvgIpc) is 2.58. The second-order valence-electron chi connectivity index (χ2n) is 5.92. The Balaban J connectivity index is 1.69. The normalized spacial score (nSPS) is 15.3. The van der Waals surface area contributed by atoms with Crippen LogP contribution in [-0.4, -0.2) is 67.9 Å². The molecule has 1 saturated heterocycles. The summed E-state index contributed by atoms with van der Waals surface area (Å²) in [6.07, 6.45) is 1.40. The van der Waals surface area contributed by atoms with Crippen LogP contribution < -0.4 is 10.6 Å². The lowest BCUT2D eigenvalue weighted by Gasteiger charge is -2.34. The maximum absolute atomic E-state index is 12.8. The number of rotatable bonds is 7. The van der Waals surface area contributed by atoms with Crippen LogP contribution in [0.5, 0.6) is 0 Å². The molecule has 0 radical (unpaired) electrons. The number of piperazine rings is 1. The number of nitrogens with zero attached hydrogens (tertiary/aromatic N) is 2. The van der Waals surface area contributed by atoms with E-state index < -0.39 is 0 Å². The van der Waals surface area contributed by atoms with Crippen molar-refractivity contribution in [3.05, 3.63) is 30.1 Å². The smallest absolute Gasteiger partial charge is 0.238 e. The highest BCUT2D eigenvalue weighted by molar-refractivity contribution is 5.92. The third-order valence-corrected chi connectivity index (χ3v) is 4.04. The summed E-state index contributed by atoms with van der Waals surface area (Å²) in [5, 5.41) is 5.78. The number of carbonyl (C=O) groups is 2. The Labute approximate surface area is 142 Å². The van der Waals surface area contributed by atoms with Gasteiger partial charge in [0.1, 0.15) is 5.82 Å². The number of hydrogen-bond acceptors (Lipinski definition) is 4. The van der Waals surface area contributed by atoms with Gasteiger partial charge in [-0.25, -0.2) is 4.39 Å². The summed E-state index contributed by atoms with van der Waals surface area (Å²) in [5.74, 6) is -0.278. The Morgan fingerprint density at radius 3 is 2.42 bits per heavy atom. The minimum atomic E-state index is -0.330. The molecule has 7 heteroatoms. The second-order valence-corrected chi connectivity index (χ2v) is 5.92.